The number of halogens is 1. The lowest BCUT2D eigenvalue weighted by Crippen LogP contribution is -2.29. The summed E-state index contributed by atoms with van der Waals surface area (Å²) in [6.45, 7) is 0.827. The number of hydrogen-bond donors (Lipinski definition) is 1. The van der Waals surface area contributed by atoms with Crippen molar-refractivity contribution in [1.29, 1.82) is 0 Å². The Balaban J connectivity index is 0.00000320. The topological polar surface area (TPSA) is 26.0 Å². The third-order valence-electron chi connectivity index (χ3n) is 6.06. The van der Waals surface area contributed by atoms with Crippen molar-refractivity contribution >= 4 is 12.4 Å². The van der Waals surface area contributed by atoms with Crippen LogP contribution in [0.15, 0.2) is 91.0 Å². The second-order valence-electron chi connectivity index (χ2n) is 8.02. The van der Waals surface area contributed by atoms with E-state index in [0.29, 0.717) is 0 Å². The zero-order valence-electron chi connectivity index (χ0n) is 18.0. The molecule has 3 aromatic carbocycles. The summed E-state index contributed by atoms with van der Waals surface area (Å²) < 4.78 is 0. The van der Waals surface area contributed by atoms with Crippen LogP contribution < -0.4 is 5.73 Å². The molecule has 0 radical (unpaired) electrons. The molecule has 0 aliphatic carbocycles. The Morgan fingerprint density at radius 1 is 0.467 bits per heavy atom. The zero-order chi connectivity index (χ0) is 20.2. The second kappa shape index (κ2) is 13.3. The van der Waals surface area contributed by atoms with E-state index in [2.05, 4.69) is 91.0 Å². The van der Waals surface area contributed by atoms with Gasteiger partial charge in [-0.15, -0.1) is 12.4 Å². The van der Waals surface area contributed by atoms with Crippen molar-refractivity contribution in [3.63, 3.8) is 0 Å². The van der Waals surface area contributed by atoms with E-state index in [0.717, 1.165) is 13.0 Å². The molecular formula is C28H36ClN. The fourth-order valence-electron chi connectivity index (χ4n) is 4.52. The van der Waals surface area contributed by atoms with Crippen molar-refractivity contribution in [2.24, 2.45) is 5.73 Å². The van der Waals surface area contributed by atoms with E-state index in [1.807, 2.05) is 0 Å². The molecule has 0 heterocycles. The highest BCUT2D eigenvalue weighted by atomic mass is 35.5. The lowest BCUT2D eigenvalue weighted by molar-refractivity contribution is 0.496. The molecule has 0 amide bonds. The highest BCUT2D eigenvalue weighted by molar-refractivity contribution is 5.85. The average molecular weight is 422 g/mol. The Labute approximate surface area is 189 Å². The van der Waals surface area contributed by atoms with E-state index in [9.17, 15) is 0 Å². The third kappa shape index (κ3) is 6.20. The van der Waals surface area contributed by atoms with Crippen molar-refractivity contribution in [2.45, 2.75) is 56.8 Å². The molecule has 30 heavy (non-hydrogen) atoms. The normalized spacial score (nSPS) is 11.1. The molecule has 0 saturated heterocycles. The Bertz CT molecular complexity index is 705. The van der Waals surface area contributed by atoms with Crippen LogP contribution >= 0.6 is 12.4 Å². The van der Waals surface area contributed by atoms with Crippen molar-refractivity contribution in [2.75, 3.05) is 6.54 Å². The molecule has 0 aliphatic heterocycles. The number of nitrogens with two attached hydrogens (primary N) is 1. The first-order chi connectivity index (χ1) is 14.4. The van der Waals surface area contributed by atoms with Gasteiger partial charge in [-0.1, -0.05) is 130 Å². The fraction of sp³-hybridized carbons (Fsp3) is 0.357. The van der Waals surface area contributed by atoms with Crippen LogP contribution in [-0.2, 0) is 5.41 Å². The summed E-state index contributed by atoms with van der Waals surface area (Å²) >= 11 is 0. The van der Waals surface area contributed by atoms with Gasteiger partial charge in [0.1, 0.15) is 0 Å². The molecule has 160 valence electrons. The zero-order valence-corrected chi connectivity index (χ0v) is 18.8. The van der Waals surface area contributed by atoms with Gasteiger partial charge in [-0.25, -0.2) is 0 Å². The molecular weight excluding hydrogens is 386 g/mol. The van der Waals surface area contributed by atoms with Gasteiger partial charge in [-0.3, -0.25) is 0 Å². The van der Waals surface area contributed by atoms with Crippen LogP contribution in [0.5, 0.6) is 0 Å². The minimum Gasteiger partial charge on any atom is -0.330 e. The maximum atomic E-state index is 5.60. The Morgan fingerprint density at radius 3 is 1.17 bits per heavy atom. The van der Waals surface area contributed by atoms with Gasteiger partial charge < -0.3 is 5.73 Å². The Hall–Kier alpha value is -2.09. The summed E-state index contributed by atoms with van der Waals surface area (Å²) in [5, 5.41) is 0. The molecule has 3 aromatic rings. The lowest BCUT2D eigenvalue weighted by Gasteiger charge is -2.36. The summed E-state index contributed by atoms with van der Waals surface area (Å²) in [6.07, 6.45) is 10.1. The lowest BCUT2D eigenvalue weighted by atomic mass is 9.66. The summed E-state index contributed by atoms with van der Waals surface area (Å²) in [5.74, 6) is 0. The molecule has 0 saturated carbocycles. The van der Waals surface area contributed by atoms with Crippen LogP contribution in [-0.4, -0.2) is 6.54 Å². The van der Waals surface area contributed by atoms with Gasteiger partial charge in [-0.05, 0) is 36.1 Å². The van der Waals surface area contributed by atoms with E-state index in [1.54, 1.807) is 0 Å². The smallest absolute Gasteiger partial charge is 0.0451 e. The highest BCUT2D eigenvalue weighted by Crippen LogP contribution is 2.43. The van der Waals surface area contributed by atoms with Crippen molar-refractivity contribution in [1.82, 2.24) is 0 Å². The maximum absolute atomic E-state index is 5.60. The third-order valence-corrected chi connectivity index (χ3v) is 6.06. The first kappa shape index (κ1) is 24.2. The minimum absolute atomic E-state index is 0. The molecule has 3 rings (SSSR count). The van der Waals surface area contributed by atoms with Gasteiger partial charge >= 0.3 is 0 Å². The van der Waals surface area contributed by atoms with Crippen molar-refractivity contribution in [3.8, 4) is 0 Å². The standard InChI is InChI=1S/C28H35N.ClH/c29-24-16-5-3-1-2-4-15-23-28(25-17-9-6-10-18-25,26-19-11-7-12-20-26)27-21-13-8-14-22-27;/h6-14,17-22H,1-5,15-16,23-24,29H2;1H. The summed E-state index contributed by atoms with van der Waals surface area (Å²) in [4.78, 5) is 0. The Morgan fingerprint density at radius 2 is 0.800 bits per heavy atom. The largest absolute Gasteiger partial charge is 0.330 e. The highest BCUT2D eigenvalue weighted by Gasteiger charge is 2.35. The van der Waals surface area contributed by atoms with Crippen LogP contribution in [0.3, 0.4) is 0 Å². The molecule has 2 N–H and O–H groups in total. The van der Waals surface area contributed by atoms with Crippen LogP contribution in [0.1, 0.15) is 68.1 Å². The molecule has 0 aromatic heterocycles. The van der Waals surface area contributed by atoms with E-state index in [-0.39, 0.29) is 17.8 Å². The molecule has 0 aliphatic rings. The molecule has 0 unspecified atom stereocenters. The molecule has 1 nitrogen and oxygen atoms in total. The summed E-state index contributed by atoms with van der Waals surface area (Å²) in [6, 6.07) is 33.2. The van der Waals surface area contributed by atoms with Crippen molar-refractivity contribution < 1.29 is 0 Å². The molecule has 0 bridgehead atoms. The van der Waals surface area contributed by atoms with E-state index >= 15 is 0 Å². The van der Waals surface area contributed by atoms with Crippen molar-refractivity contribution in [3.05, 3.63) is 108 Å². The van der Waals surface area contributed by atoms with E-state index in [1.165, 1.54) is 61.6 Å². The number of rotatable bonds is 12. The number of benzene rings is 3. The monoisotopic (exact) mass is 421 g/mol. The predicted molar refractivity (Wildman–Crippen MR) is 132 cm³/mol. The fourth-order valence-corrected chi connectivity index (χ4v) is 4.52. The van der Waals surface area contributed by atoms with Gasteiger partial charge in [0.15, 0.2) is 0 Å². The SMILES string of the molecule is Cl.NCCCCCCCCCC(c1ccccc1)(c1ccccc1)c1ccccc1. The Kier molecular flexibility index (Phi) is 10.7. The number of hydrogen-bond acceptors (Lipinski definition) is 1. The summed E-state index contributed by atoms with van der Waals surface area (Å²) in [7, 11) is 0. The second-order valence-corrected chi connectivity index (χ2v) is 8.02. The van der Waals surface area contributed by atoms with Crippen LogP contribution in [0.25, 0.3) is 0 Å². The first-order valence-electron chi connectivity index (χ1n) is 11.2. The minimum atomic E-state index is -0.0939. The first-order valence-corrected chi connectivity index (χ1v) is 11.2. The van der Waals surface area contributed by atoms with Gasteiger partial charge in [0, 0.05) is 5.41 Å². The molecule has 0 fully saturated rings. The quantitative estimate of drug-likeness (QED) is 0.237. The summed E-state index contributed by atoms with van der Waals surface area (Å²) in [5.41, 5.74) is 9.68. The van der Waals surface area contributed by atoms with E-state index < -0.39 is 0 Å². The predicted octanol–water partition coefficient (Wildman–Crippen LogP) is 7.52. The van der Waals surface area contributed by atoms with Gasteiger partial charge in [-0.2, -0.15) is 0 Å². The molecule has 0 spiro atoms. The van der Waals surface area contributed by atoms with E-state index in [4.69, 9.17) is 5.73 Å². The average Bonchev–Trinajstić information content (AvgIpc) is 2.80. The van der Waals surface area contributed by atoms with Gasteiger partial charge in [0.05, 0.1) is 0 Å². The van der Waals surface area contributed by atoms with Gasteiger partial charge in [0.2, 0.25) is 0 Å². The maximum Gasteiger partial charge on any atom is 0.0451 e. The molecule has 0 atom stereocenters. The van der Waals surface area contributed by atoms with Gasteiger partial charge in [0.25, 0.3) is 0 Å². The van der Waals surface area contributed by atoms with Crippen LogP contribution in [0.2, 0.25) is 0 Å². The molecule has 2 heteroatoms. The van der Waals surface area contributed by atoms with Crippen LogP contribution in [0.4, 0.5) is 0 Å². The number of unbranched alkanes of at least 4 members (excludes halogenated alkanes) is 6. The van der Waals surface area contributed by atoms with Crippen LogP contribution in [0, 0.1) is 0 Å².